The minimum absolute atomic E-state index is 0.366. The number of benzene rings is 5. The highest BCUT2D eigenvalue weighted by Crippen LogP contribution is 2.35. The van der Waals surface area contributed by atoms with Gasteiger partial charge in [0, 0.05) is 22.6 Å². The number of esters is 1. The van der Waals surface area contributed by atoms with Crippen LogP contribution < -0.4 is 9.64 Å². The Labute approximate surface area is 242 Å². The zero-order valence-corrected chi connectivity index (χ0v) is 23.7. The van der Waals surface area contributed by atoms with Crippen LogP contribution in [0.1, 0.15) is 34.7 Å². The summed E-state index contributed by atoms with van der Waals surface area (Å²) < 4.78 is 5.39. The molecule has 5 aromatic carbocycles. The van der Waals surface area contributed by atoms with E-state index in [4.69, 9.17) is 4.74 Å². The zero-order valence-electron chi connectivity index (χ0n) is 23.7. The zero-order chi connectivity index (χ0) is 28.8. The number of carbonyl (C=O) groups is 1. The van der Waals surface area contributed by atoms with Crippen molar-refractivity contribution in [3.05, 3.63) is 167 Å². The third-order valence-corrected chi connectivity index (χ3v) is 6.86. The summed E-state index contributed by atoms with van der Waals surface area (Å²) in [7, 11) is 0. The van der Waals surface area contributed by atoms with Crippen LogP contribution in [0, 0.1) is 13.8 Å². The van der Waals surface area contributed by atoms with Gasteiger partial charge < -0.3 is 9.64 Å². The molecule has 0 aromatic heterocycles. The number of nitrogens with zero attached hydrogens (tertiary/aromatic N) is 1. The van der Waals surface area contributed by atoms with Crippen molar-refractivity contribution in [1.29, 1.82) is 0 Å². The first-order valence-electron chi connectivity index (χ1n) is 13.7. The van der Waals surface area contributed by atoms with Crippen molar-refractivity contribution in [3.63, 3.8) is 0 Å². The maximum atomic E-state index is 11.9. The van der Waals surface area contributed by atoms with E-state index in [0.29, 0.717) is 11.3 Å². The van der Waals surface area contributed by atoms with Gasteiger partial charge in [-0.3, -0.25) is 0 Å². The molecule has 0 atom stereocenters. The first kappa shape index (κ1) is 27.4. The van der Waals surface area contributed by atoms with E-state index >= 15 is 0 Å². The van der Waals surface area contributed by atoms with Crippen LogP contribution in [0.3, 0.4) is 0 Å². The van der Waals surface area contributed by atoms with E-state index in [2.05, 4.69) is 116 Å². The molecule has 202 valence electrons. The standard InChI is InChI=1S/C38H33NO2/c1-27(2)38(40)41-36-24-16-32(17-25-36)37(31-8-6-5-7-9-31)26-30-14-22-35(23-15-30)39(33-18-10-28(3)11-19-33)34-20-12-29(4)13-21-34/h5-26H,1H2,2-4H3. The third-order valence-electron chi connectivity index (χ3n) is 6.86. The van der Waals surface area contributed by atoms with E-state index in [1.165, 1.54) is 11.1 Å². The molecule has 3 nitrogen and oxygen atoms in total. The van der Waals surface area contributed by atoms with Gasteiger partial charge in [0.2, 0.25) is 0 Å². The van der Waals surface area contributed by atoms with E-state index in [1.807, 2.05) is 42.5 Å². The number of anilines is 3. The summed E-state index contributed by atoms with van der Waals surface area (Å²) in [6.45, 7) is 9.50. The van der Waals surface area contributed by atoms with E-state index in [-0.39, 0.29) is 0 Å². The van der Waals surface area contributed by atoms with Gasteiger partial charge in [-0.25, -0.2) is 4.79 Å². The minimum atomic E-state index is -0.429. The van der Waals surface area contributed by atoms with Crippen LogP contribution in [0.25, 0.3) is 11.6 Å². The van der Waals surface area contributed by atoms with E-state index in [0.717, 1.165) is 39.3 Å². The summed E-state index contributed by atoms with van der Waals surface area (Å²) in [5.74, 6) is 0.0628. The van der Waals surface area contributed by atoms with E-state index in [1.54, 1.807) is 6.92 Å². The fourth-order valence-electron chi connectivity index (χ4n) is 4.57. The molecule has 0 spiro atoms. The number of ether oxygens (including phenoxy) is 1. The SMILES string of the molecule is C=C(C)C(=O)Oc1ccc(C(=Cc2ccc(N(c3ccc(C)cc3)c3ccc(C)cc3)cc2)c2ccccc2)cc1. The predicted molar refractivity (Wildman–Crippen MR) is 171 cm³/mol. The molecule has 0 radical (unpaired) electrons. The summed E-state index contributed by atoms with van der Waals surface area (Å²) in [4.78, 5) is 14.2. The molecule has 0 saturated heterocycles. The Morgan fingerprint density at radius 3 is 1.59 bits per heavy atom. The van der Waals surface area contributed by atoms with Crippen molar-refractivity contribution in [2.24, 2.45) is 0 Å². The summed E-state index contributed by atoms with van der Waals surface area (Å²) in [6.07, 6.45) is 2.19. The van der Waals surface area contributed by atoms with Crippen LogP contribution in [0.15, 0.2) is 140 Å². The second kappa shape index (κ2) is 12.4. The Hall–Kier alpha value is -5.15. The molecule has 0 bridgehead atoms. The molecule has 5 aromatic rings. The lowest BCUT2D eigenvalue weighted by molar-refractivity contribution is -0.130. The smallest absolute Gasteiger partial charge is 0.338 e. The number of carbonyl (C=O) groups excluding carboxylic acids is 1. The van der Waals surface area contributed by atoms with Crippen molar-refractivity contribution < 1.29 is 9.53 Å². The van der Waals surface area contributed by atoms with Gasteiger partial charge in [-0.2, -0.15) is 0 Å². The Balaban J connectivity index is 1.50. The van der Waals surface area contributed by atoms with Gasteiger partial charge in [-0.05, 0) is 97.6 Å². The van der Waals surface area contributed by atoms with Gasteiger partial charge in [-0.1, -0.05) is 96.6 Å². The molecule has 0 aliphatic carbocycles. The average Bonchev–Trinajstić information content (AvgIpc) is 2.99. The minimum Gasteiger partial charge on any atom is -0.423 e. The predicted octanol–water partition coefficient (Wildman–Crippen LogP) is 9.84. The quantitative estimate of drug-likeness (QED) is 0.0857. The number of rotatable bonds is 8. The topological polar surface area (TPSA) is 29.5 Å². The molecule has 5 rings (SSSR count). The lowest BCUT2D eigenvalue weighted by atomic mass is 9.95. The molecule has 0 amide bonds. The summed E-state index contributed by atoms with van der Waals surface area (Å²) in [5.41, 5.74) is 10.4. The van der Waals surface area contributed by atoms with Gasteiger partial charge in [-0.15, -0.1) is 0 Å². The van der Waals surface area contributed by atoms with E-state index in [9.17, 15) is 4.79 Å². The highest BCUT2D eigenvalue weighted by molar-refractivity contribution is 5.92. The molecular weight excluding hydrogens is 502 g/mol. The highest BCUT2D eigenvalue weighted by atomic mass is 16.5. The van der Waals surface area contributed by atoms with Crippen LogP contribution in [0.2, 0.25) is 0 Å². The second-order valence-electron chi connectivity index (χ2n) is 10.2. The summed E-state index contributed by atoms with van der Waals surface area (Å²) in [6, 6.07) is 43.7. The number of aryl methyl sites for hydroxylation is 2. The molecule has 0 unspecified atom stereocenters. The molecule has 0 heterocycles. The van der Waals surface area contributed by atoms with Crippen LogP contribution >= 0.6 is 0 Å². The summed E-state index contributed by atoms with van der Waals surface area (Å²) in [5, 5.41) is 0. The first-order chi connectivity index (χ1) is 19.9. The fraction of sp³-hybridized carbons (Fsp3) is 0.0789. The van der Waals surface area contributed by atoms with Crippen molar-refractivity contribution in [3.8, 4) is 5.75 Å². The van der Waals surface area contributed by atoms with Crippen LogP contribution in [-0.2, 0) is 4.79 Å². The Morgan fingerprint density at radius 2 is 1.10 bits per heavy atom. The normalized spacial score (nSPS) is 11.1. The molecule has 0 N–H and O–H groups in total. The molecule has 0 fully saturated rings. The largest absolute Gasteiger partial charge is 0.423 e. The summed E-state index contributed by atoms with van der Waals surface area (Å²) >= 11 is 0. The van der Waals surface area contributed by atoms with Crippen LogP contribution in [-0.4, -0.2) is 5.97 Å². The van der Waals surface area contributed by atoms with E-state index < -0.39 is 5.97 Å². The maximum absolute atomic E-state index is 11.9. The fourth-order valence-corrected chi connectivity index (χ4v) is 4.57. The lowest BCUT2D eigenvalue weighted by Gasteiger charge is -2.26. The van der Waals surface area contributed by atoms with Crippen LogP contribution in [0.4, 0.5) is 17.1 Å². The van der Waals surface area contributed by atoms with Crippen molar-refractivity contribution in [2.45, 2.75) is 20.8 Å². The van der Waals surface area contributed by atoms with Gasteiger partial charge >= 0.3 is 5.97 Å². The average molecular weight is 536 g/mol. The van der Waals surface area contributed by atoms with Crippen molar-refractivity contribution in [1.82, 2.24) is 0 Å². The van der Waals surface area contributed by atoms with Crippen molar-refractivity contribution >= 4 is 34.7 Å². The highest BCUT2D eigenvalue weighted by Gasteiger charge is 2.13. The lowest BCUT2D eigenvalue weighted by Crippen LogP contribution is -2.09. The Kier molecular flexibility index (Phi) is 8.26. The Morgan fingerprint density at radius 1 is 0.634 bits per heavy atom. The van der Waals surface area contributed by atoms with Gasteiger partial charge in [0.15, 0.2) is 0 Å². The van der Waals surface area contributed by atoms with Gasteiger partial charge in [0.25, 0.3) is 0 Å². The molecule has 0 saturated carbocycles. The second-order valence-corrected chi connectivity index (χ2v) is 10.2. The van der Waals surface area contributed by atoms with Gasteiger partial charge in [0.1, 0.15) is 5.75 Å². The maximum Gasteiger partial charge on any atom is 0.338 e. The molecule has 0 aliphatic heterocycles. The monoisotopic (exact) mass is 535 g/mol. The number of hydrogen-bond donors (Lipinski definition) is 0. The molecule has 41 heavy (non-hydrogen) atoms. The number of hydrogen-bond acceptors (Lipinski definition) is 3. The third kappa shape index (κ3) is 6.71. The molecule has 0 aliphatic rings. The van der Waals surface area contributed by atoms with Crippen molar-refractivity contribution in [2.75, 3.05) is 4.90 Å². The molecular formula is C38H33NO2. The first-order valence-corrected chi connectivity index (χ1v) is 13.7. The molecule has 3 heteroatoms. The van der Waals surface area contributed by atoms with Gasteiger partial charge in [0.05, 0.1) is 0 Å². The van der Waals surface area contributed by atoms with Crippen LogP contribution in [0.5, 0.6) is 5.75 Å². The Bertz CT molecular complexity index is 1620.